The van der Waals surface area contributed by atoms with Crippen LogP contribution in [0, 0.1) is 0 Å². The summed E-state index contributed by atoms with van der Waals surface area (Å²) in [6.45, 7) is -0.800. The summed E-state index contributed by atoms with van der Waals surface area (Å²) in [7, 11) is 1.41. The van der Waals surface area contributed by atoms with Gasteiger partial charge in [-0.1, -0.05) is 36.5 Å². The molecule has 0 spiro atoms. The molecule has 0 amide bonds. The van der Waals surface area contributed by atoms with Crippen molar-refractivity contribution in [1.82, 2.24) is 4.90 Å². The molecule has 0 unspecified atom stereocenters. The van der Waals surface area contributed by atoms with Crippen LogP contribution in [0.25, 0.3) is 0 Å². The summed E-state index contributed by atoms with van der Waals surface area (Å²) < 4.78 is 36.5. The number of hydrogen-bond acceptors (Lipinski definition) is 2. The van der Waals surface area contributed by atoms with E-state index in [0.717, 1.165) is 0 Å². The van der Waals surface area contributed by atoms with Gasteiger partial charge in [-0.05, 0) is 12.6 Å². The fraction of sp³-hybridized carbons (Fsp3) is 0.364. The lowest BCUT2D eigenvalue weighted by atomic mass is 10.1. The summed E-state index contributed by atoms with van der Waals surface area (Å²) in [4.78, 5) is 1.37. The molecule has 2 nitrogen and oxygen atoms in total. The Labute approximate surface area is 103 Å². The number of hydrogen-bond donors (Lipinski definition) is 1. The molecule has 2 N–H and O–H groups in total. The highest BCUT2D eigenvalue weighted by molar-refractivity contribution is 7.80. The molecule has 0 radical (unpaired) electrons. The lowest BCUT2D eigenvalue weighted by molar-refractivity contribution is -0.144. The third kappa shape index (κ3) is 4.70. The first-order chi connectivity index (χ1) is 7.79. The monoisotopic (exact) mass is 262 g/mol. The molecule has 0 fully saturated rings. The molecule has 0 aromatic heterocycles. The smallest absolute Gasteiger partial charge is 0.389 e. The Bertz CT molecular complexity index is 404. The van der Waals surface area contributed by atoms with Gasteiger partial charge in [-0.25, -0.2) is 0 Å². The van der Waals surface area contributed by atoms with E-state index in [4.69, 9.17) is 18.0 Å². The van der Waals surface area contributed by atoms with Gasteiger partial charge >= 0.3 is 6.18 Å². The maximum Gasteiger partial charge on any atom is 0.401 e. The van der Waals surface area contributed by atoms with Crippen molar-refractivity contribution in [2.45, 2.75) is 12.7 Å². The van der Waals surface area contributed by atoms with Crippen LogP contribution >= 0.6 is 12.2 Å². The van der Waals surface area contributed by atoms with Gasteiger partial charge in [0.25, 0.3) is 0 Å². The Morgan fingerprint density at radius 3 is 2.47 bits per heavy atom. The van der Waals surface area contributed by atoms with Crippen molar-refractivity contribution < 1.29 is 13.2 Å². The highest BCUT2D eigenvalue weighted by Crippen LogP contribution is 2.18. The minimum absolute atomic E-state index is 0.160. The minimum atomic E-state index is -4.20. The maximum atomic E-state index is 12.2. The summed E-state index contributed by atoms with van der Waals surface area (Å²) in [5.74, 6) is 0. The molecule has 0 saturated carbocycles. The summed E-state index contributed by atoms with van der Waals surface area (Å²) >= 11 is 4.85. The average molecular weight is 262 g/mol. The molecular weight excluding hydrogens is 249 g/mol. The molecule has 0 heterocycles. The summed E-state index contributed by atoms with van der Waals surface area (Å²) in [6, 6.07) is 6.93. The number of benzene rings is 1. The van der Waals surface area contributed by atoms with Gasteiger partial charge in [-0.2, -0.15) is 13.2 Å². The van der Waals surface area contributed by atoms with E-state index in [1.54, 1.807) is 24.3 Å². The predicted molar refractivity (Wildman–Crippen MR) is 64.7 cm³/mol. The van der Waals surface area contributed by atoms with Gasteiger partial charge in [-0.15, -0.1) is 0 Å². The van der Waals surface area contributed by atoms with E-state index in [2.05, 4.69) is 0 Å². The van der Waals surface area contributed by atoms with Crippen molar-refractivity contribution >= 4 is 17.2 Å². The van der Waals surface area contributed by atoms with Gasteiger partial charge in [0.1, 0.15) is 4.99 Å². The van der Waals surface area contributed by atoms with Crippen molar-refractivity contribution in [2.24, 2.45) is 5.73 Å². The third-order valence-corrected chi connectivity index (χ3v) is 2.39. The Morgan fingerprint density at radius 1 is 1.35 bits per heavy atom. The fourth-order valence-corrected chi connectivity index (χ4v) is 1.75. The highest BCUT2D eigenvalue weighted by atomic mass is 32.1. The number of thiocarbonyl (C=S) groups is 1. The van der Waals surface area contributed by atoms with E-state index in [1.807, 2.05) is 0 Å². The van der Waals surface area contributed by atoms with Crippen LogP contribution in [0.3, 0.4) is 0 Å². The molecular formula is C11H13F3N2S. The Kier molecular flexibility index (Phi) is 4.47. The molecule has 94 valence electrons. The molecule has 0 aliphatic heterocycles. The van der Waals surface area contributed by atoms with Crippen LogP contribution in [-0.4, -0.2) is 29.7 Å². The number of rotatable bonds is 4. The molecule has 17 heavy (non-hydrogen) atoms. The number of nitrogens with zero attached hydrogens (tertiary/aromatic N) is 1. The second kappa shape index (κ2) is 5.46. The van der Waals surface area contributed by atoms with Crippen LogP contribution in [0.15, 0.2) is 24.3 Å². The van der Waals surface area contributed by atoms with Crippen molar-refractivity contribution in [1.29, 1.82) is 0 Å². The average Bonchev–Trinajstić information content (AvgIpc) is 2.14. The van der Waals surface area contributed by atoms with Gasteiger partial charge in [0.15, 0.2) is 0 Å². The third-order valence-electron chi connectivity index (χ3n) is 2.17. The molecule has 1 rings (SSSR count). The molecule has 6 heteroatoms. The minimum Gasteiger partial charge on any atom is -0.389 e. The van der Waals surface area contributed by atoms with Crippen LogP contribution in [-0.2, 0) is 6.54 Å². The molecule has 0 aliphatic carbocycles. The lowest BCUT2D eigenvalue weighted by Crippen LogP contribution is -2.31. The first-order valence-electron chi connectivity index (χ1n) is 4.92. The molecule has 1 aromatic rings. The Morgan fingerprint density at radius 2 is 1.94 bits per heavy atom. The van der Waals surface area contributed by atoms with Gasteiger partial charge in [0.2, 0.25) is 0 Å². The Hall–Kier alpha value is -1.14. The van der Waals surface area contributed by atoms with Crippen LogP contribution in [0.1, 0.15) is 11.1 Å². The molecule has 0 atom stereocenters. The van der Waals surface area contributed by atoms with Crippen LogP contribution in [0.4, 0.5) is 13.2 Å². The molecule has 0 aliphatic rings. The van der Waals surface area contributed by atoms with Crippen LogP contribution in [0.5, 0.6) is 0 Å². The summed E-state index contributed by atoms with van der Waals surface area (Å²) in [6.07, 6.45) is -4.20. The van der Waals surface area contributed by atoms with Crippen molar-refractivity contribution in [3.8, 4) is 0 Å². The van der Waals surface area contributed by atoms with Crippen molar-refractivity contribution in [2.75, 3.05) is 13.6 Å². The Balaban J connectivity index is 2.78. The zero-order chi connectivity index (χ0) is 13.1. The van der Waals surface area contributed by atoms with Crippen LogP contribution in [0.2, 0.25) is 0 Å². The first kappa shape index (κ1) is 13.9. The summed E-state index contributed by atoms with van der Waals surface area (Å²) in [5.41, 5.74) is 6.83. The number of nitrogens with two attached hydrogens (primary N) is 1. The van der Waals surface area contributed by atoms with Gasteiger partial charge in [-0.3, -0.25) is 4.90 Å². The topological polar surface area (TPSA) is 29.3 Å². The van der Waals surface area contributed by atoms with E-state index >= 15 is 0 Å². The zero-order valence-electron chi connectivity index (χ0n) is 9.29. The van der Waals surface area contributed by atoms with E-state index in [1.165, 1.54) is 11.9 Å². The highest BCUT2D eigenvalue weighted by Gasteiger charge is 2.29. The van der Waals surface area contributed by atoms with Crippen molar-refractivity contribution in [3.05, 3.63) is 35.4 Å². The molecule has 0 bridgehead atoms. The van der Waals surface area contributed by atoms with E-state index < -0.39 is 12.7 Å². The normalized spacial score (nSPS) is 11.8. The number of halogens is 3. The standard InChI is InChI=1S/C11H13F3N2S/c1-16(7-11(12,13)14)6-8-4-2-3-5-9(8)10(15)17/h2-5H,6-7H2,1H3,(H2,15,17). The van der Waals surface area contributed by atoms with Crippen molar-refractivity contribution in [3.63, 3.8) is 0 Å². The zero-order valence-corrected chi connectivity index (χ0v) is 10.1. The maximum absolute atomic E-state index is 12.2. The SMILES string of the molecule is CN(Cc1ccccc1C(N)=S)CC(F)(F)F. The van der Waals surface area contributed by atoms with Gasteiger partial charge in [0, 0.05) is 12.1 Å². The quantitative estimate of drug-likeness (QED) is 0.844. The largest absolute Gasteiger partial charge is 0.401 e. The lowest BCUT2D eigenvalue weighted by Gasteiger charge is -2.19. The number of alkyl halides is 3. The van der Waals surface area contributed by atoms with Crippen LogP contribution < -0.4 is 5.73 Å². The first-order valence-corrected chi connectivity index (χ1v) is 5.33. The van der Waals surface area contributed by atoms with E-state index in [0.29, 0.717) is 11.1 Å². The second-order valence-electron chi connectivity index (χ2n) is 3.81. The molecule has 0 saturated heterocycles. The van der Waals surface area contributed by atoms with Gasteiger partial charge < -0.3 is 5.73 Å². The van der Waals surface area contributed by atoms with E-state index in [-0.39, 0.29) is 11.5 Å². The second-order valence-corrected chi connectivity index (χ2v) is 4.25. The predicted octanol–water partition coefficient (Wildman–Crippen LogP) is 2.31. The van der Waals surface area contributed by atoms with Gasteiger partial charge in [0.05, 0.1) is 6.54 Å². The fourth-order valence-electron chi connectivity index (χ4n) is 1.55. The molecule has 1 aromatic carbocycles. The summed E-state index contributed by atoms with van der Waals surface area (Å²) in [5, 5.41) is 0. The van der Waals surface area contributed by atoms with E-state index in [9.17, 15) is 13.2 Å².